The summed E-state index contributed by atoms with van der Waals surface area (Å²) in [6.07, 6.45) is 0. The molecule has 0 aromatic heterocycles. The van der Waals surface area contributed by atoms with Crippen molar-refractivity contribution in [2.45, 2.75) is 19.4 Å². The van der Waals surface area contributed by atoms with Crippen LogP contribution in [0.5, 0.6) is 5.75 Å². The molecule has 0 aliphatic carbocycles. The number of benzene rings is 2. The Kier molecular flexibility index (Phi) is 4.29. The lowest BCUT2D eigenvalue weighted by Crippen LogP contribution is -2.37. The van der Waals surface area contributed by atoms with Crippen LogP contribution in [-0.4, -0.2) is 18.1 Å². The molecule has 0 fully saturated rings. The van der Waals surface area contributed by atoms with Crippen LogP contribution in [0.2, 0.25) is 0 Å². The third kappa shape index (κ3) is 3.41. The van der Waals surface area contributed by atoms with Crippen LogP contribution in [0.1, 0.15) is 18.1 Å². The van der Waals surface area contributed by atoms with Crippen molar-refractivity contribution in [2.24, 2.45) is 0 Å². The Morgan fingerprint density at radius 2 is 1.67 bits per heavy atom. The van der Waals surface area contributed by atoms with E-state index in [0.717, 1.165) is 5.56 Å². The van der Waals surface area contributed by atoms with Gasteiger partial charge in [0.1, 0.15) is 5.75 Å². The van der Waals surface area contributed by atoms with Crippen molar-refractivity contribution in [3.05, 3.63) is 59.7 Å². The number of aliphatic hydroxyl groups is 1. The Labute approximate surface area is 124 Å². The van der Waals surface area contributed by atoms with Crippen LogP contribution in [0.3, 0.4) is 0 Å². The Morgan fingerprint density at radius 3 is 2.19 bits per heavy atom. The minimum absolute atomic E-state index is 0.475. The predicted octanol–water partition coefficient (Wildman–Crippen LogP) is 2.85. The molecule has 1 amide bonds. The molecule has 0 saturated heterocycles. The summed E-state index contributed by atoms with van der Waals surface area (Å²) in [7, 11) is 1.57. The van der Waals surface area contributed by atoms with Crippen LogP contribution in [0.15, 0.2) is 48.5 Å². The lowest BCUT2D eigenvalue weighted by atomic mass is 9.95. The molecule has 2 aromatic carbocycles. The van der Waals surface area contributed by atoms with Crippen LogP contribution >= 0.6 is 0 Å². The molecular formula is C17H19NO3. The molecule has 1 unspecified atom stereocenters. The second-order valence-electron chi connectivity index (χ2n) is 5.12. The van der Waals surface area contributed by atoms with Gasteiger partial charge in [0.2, 0.25) is 0 Å². The molecule has 0 aliphatic rings. The molecule has 0 radical (unpaired) electrons. The van der Waals surface area contributed by atoms with Gasteiger partial charge in [0, 0.05) is 5.69 Å². The summed E-state index contributed by atoms with van der Waals surface area (Å²) in [5.74, 6) is 0.199. The molecule has 0 heterocycles. The molecule has 1 atom stereocenters. The van der Waals surface area contributed by atoms with E-state index < -0.39 is 11.5 Å². The van der Waals surface area contributed by atoms with E-state index in [1.54, 1.807) is 43.5 Å². The zero-order valence-electron chi connectivity index (χ0n) is 12.4. The average Bonchev–Trinajstić information content (AvgIpc) is 2.49. The van der Waals surface area contributed by atoms with Gasteiger partial charge in [0.05, 0.1) is 7.11 Å². The molecule has 0 spiro atoms. The number of hydrogen-bond donors (Lipinski definition) is 2. The molecule has 2 aromatic rings. The van der Waals surface area contributed by atoms with Crippen LogP contribution < -0.4 is 10.1 Å². The minimum Gasteiger partial charge on any atom is -0.497 e. The quantitative estimate of drug-likeness (QED) is 0.908. The zero-order chi connectivity index (χ0) is 15.5. The maximum atomic E-state index is 12.3. The van der Waals surface area contributed by atoms with Crippen LogP contribution in [0, 0.1) is 6.92 Å². The first kappa shape index (κ1) is 15.1. The summed E-state index contributed by atoms with van der Waals surface area (Å²) in [4.78, 5) is 12.3. The number of rotatable bonds is 4. The molecule has 110 valence electrons. The van der Waals surface area contributed by atoms with Gasteiger partial charge in [-0.25, -0.2) is 0 Å². The van der Waals surface area contributed by atoms with E-state index in [1.165, 1.54) is 6.92 Å². The topological polar surface area (TPSA) is 58.6 Å². The monoisotopic (exact) mass is 285 g/mol. The van der Waals surface area contributed by atoms with Crippen molar-refractivity contribution >= 4 is 11.6 Å². The van der Waals surface area contributed by atoms with Gasteiger partial charge in [-0.15, -0.1) is 0 Å². The number of nitrogens with one attached hydrogen (secondary N) is 1. The van der Waals surface area contributed by atoms with Crippen molar-refractivity contribution in [1.82, 2.24) is 0 Å². The van der Waals surface area contributed by atoms with E-state index in [-0.39, 0.29) is 0 Å². The van der Waals surface area contributed by atoms with E-state index in [1.807, 2.05) is 19.1 Å². The number of carbonyl (C=O) groups is 1. The number of aryl methyl sites for hydroxylation is 1. The lowest BCUT2D eigenvalue weighted by Gasteiger charge is -2.23. The van der Waals surface area contributed by atoms with E-state index in [0.29, 0.717) is 17.0 Å². The summed E-state index contributed by atoms with van der Waals surface area (Å²) in [6.45, 7) is 3.44. The maximum absolute atomic E-state index is 12.3. The first-order chi connectivity index (χ1) is 9.93. The lowest BCUT2D eigenvalue weighted by molar-refractivity contribution is -0.133. The SMILES string of the molecule is COc1ccc(C(C)(O)C(=O)Nc2ccc(C)cc2)cc1. The average molecular weight is 285 g/mol. The standard InChI is InChI=1S/C17H19NO3/c1-12-4-8-14(9-5-12)18-16(19)17(2,20)13-6-10-15(21-3)11-7-13/h4-11,20H,1-3H3,(H,18,19). The highest BCUT2D eigenvalue weighted by molar-refractivity contribution is 5.97. The number of anilines is 1. The molecule has 4 nitrogen and oxygen atoms in total. The molecule has 4 heteroatoms. The van der Waals surface area contributed by atoms with E-state index in [2.05, 4.69) is 5.32 Å². The normalized spacial score (nSPS) is 13.3. The number of amides is 1. The van der Waals surface area contributed by atoms with Gasteiger partial charge in [-0.05, 0) is 43.7 Å². The Balaban J connectivity index is 2.17. The number of methoxy groups -OCH3 is 1. The largest absolute Gasteiger partial charge is 0.497 e. The van der Waals surface area contributed by atoms with Gasteiger partial charge in [0.15, 0.2) is 5.60 Å². The molecule has 2 rings (SSSR count). The van der Waals surface area contributed by atoms with Gasteiger partial charge in [-0.1, -0.05) is 29.8 Å². The fraction of sp³-hybridized carbons (Fsp3) is 0.235. The maximum Gasteiger partial charge on any atom is 0.260 e. The van der Waals surface area contributed by atoms with Crippen molar-refractivity contribution in [3.63, 3.8) is 0 Å². The van der Waals surface area contributed by atoms with Crippen LogP contribution in [0.25, 0.3) is 0 Å². The molecule has 21 heavy (non-hydrogen) atoms. The van der Waals surface area contributed by atoms with Gasteiger partial charge in [0.25, 0.3) is 5.91 Å². The van der Waals surface area contributed by atoms with Crippen molar-refractivity contribution in [2.75, 3.05) is 12.4 Å². The minimum atomic E-state index is -1.61. The number of carbonyl (C=O) groups excluding carboxylic acids is 1. The summed E-state index contributed by atoms with van der Waals surface area (Å²) in [6, 6.07) is 14.2. The highest BCUT2D eigenvalue weighted by Crippen LogP contribution is 2.25. The van der Waals surface area contributed by atoms with Gasteiger partial charge in [-0.3, -0.25) is 4.79 Å². The fourth-order valence-corrected chi connectivity index (χ4v) is 1.94. The molecule has 0 saturated carbocycles. The van der Waals surface area contributed by atoms with E-state index in [9.17, 15) is 9.90 Å². The van der Waals surface area contributed by atoms with Crippen LogP contribution in [-0.2, 0) is 10.4 Å². The fourth-order valence-electron chi connectivity index (χ4n) is 1.94. The Morgan fingerprint density at radius 1 is 1.10 bits per heavy atom. The zero-order valence-corrected chi connectivity index (χ0v) is 12.4. The van der Waals surface area contributed by atoms with Crippen molar-refractivity contribution in [3.8, 4) is 5.75 Å². The van der Waals surface area contributed by atoms with Crippen LogP contribution in [0.4, 0.5) is 5.69 Å². The summed E-state index contributed by atoms with van der Waals surface area (Å²) >= 11 is 0. The summed E-state index contributed by atoms with van der Waals surface area (Å²) in [5.41, 5.74) is 0.652. The molecular weight excluding hydrogens is 266 g/mol. The molecule has 0 bridgehead atoms. The number of hydrogen-bond acceptors (Lipinski definition) is 3. The third-order valence-electron chi connectivity index (χ3n) is 3.40. The van der Waals surface area contributed by atoms with Gasteiger partial charge in [-0.2, -0.15) is 0 Å². The first-order valence-electron chi connectivity index (χ1n) is 6.68. The second kappa shape index (κ2) is 5.97. The Hall–Kier alpha value is -2.33. The van der Waals surface area contributed by atoms with Gasteiger partial charge >= 0.3 is 0 Å². The predicted molar refractivity (Wildman–Crippen MR) is 82.4 cm³/mol. The number of ether oxygens (including phenoxy) is 1. The molecule has 2 N–H and O–H groups in total. The second-order valence-corrected chi connectivity index (χ2v) is 5.12. The Bertz CT molecular complexity index is 615. The van der Waals surface area contributed by atoms with Crippen molar-refractivity contribution < 1.29 is 14.6 Å². The third-order valence-corrected chi connectivity index (χ3v) is 3.40. The highest BCUT2D eigenvalue weighted by Gasteiger charge is 2.32. The van der Waals surface area contributed by atoms with Crippen molar-refractivity contribution in [1.29, 1.82) is 0 Å². The highest BCUT2D eigenvalue weighted by atomic mass is 16.5. The first-order valence-corrected chi connectivity index (χ1v) is 6.68. The van der Waals surface area contributed by atoms with E-state index in [4.69, 9.17) is 4.74 Å². The summed E-state index contributed by atoms with van der Waals surface area (Å²) in [5, 5.41) is 13.2. The summed E-state index contributed by atoms with van der Waals surface area (Å²) < 4.78 is 5.07. The van der Waals surface area contributed by atoms with Gasteiger partial charge < -0.3 is 15.2 Å². The smallest absolute Gasteiger partial charge is 0.260 e. The molecule has 0 aliphatic heterocycles. The van der Waals surface area contributed by atoms with E-state index >= 15 is 0 Å².